The van der Waals surface area contributed by atoms with Gasteiger partial charge in [-0.25, -0.2) is 0 Å². The highest BCUT2D eigenvalue weighted by molar-refractivity contribution is 5.34. The van der Waals surface area contributed by atoms with Gasteiger partial charge in [-0.15, -0.1) is 0 Å². The molecule has 1 unspecified atom stereocenters. The Hall–Kier alpha value is -1.32. The zero-order valence-corrected chi connectivity index (χ0v) is 10.6. The lowest BCUT2D eigenvalue weighted by Crippen LogP contribution is -2.23. The second-order valence-corrected chi connectivity index (χ2v) is 4.24. The Morgan fingerprint density at radius 1 is 1.47 bits per heavy atom. The monoisotopic (exact) mass is 235 g/mol. The van der Waals surface area contributed by atoms with E-state index in [0.717, 1.165) is 17.7 Å². The summed E-state index contributed by atoms with van der Waals surface area (Å²) in [4.78, 5) is 0. The van der Waals surface area contributed by atoms with E-state index in [1.54, 1.807) is 6.07 Å². The van der Waals surface area contributed by atoms with Crippen LogP contribution in [0.4, 0.5) is 0 Å². The summed E-state index contributed by atoms with van der Waals surface area (Å²) in [5.74, 6) is 0.329. The van der Waals surface area contributed by atoms with Crippen LogP contribution < -0.4 is 5.32 Å². The fourth-order valence-corrected chi connectivity index (χ4v) is 1.56. The Balaban J connectivity index is 2.28. The van der Waals surface area contributed by atoms with Crippen LogP contribution in [0.3, 0.4) is 0 Å². The standard InChI is InChI=1S/C14H21NO2/c1-11(2)10-17-9-8-15-12(3)13-6-4-5-7-14(13)16/h4-7,12,15-16H,1,8-10H2,2-3H3. The second kappa shape index (κ2) is 7.09. The topological polar surface area (TPSA) is 41.5 Å². The van der Waals surface area contributed by atoms with E-state index < -0.39 is 0 Å². The Labute approximate surface area is 103 Å². The van der Waals surface area contributed by atoms with Gasteiger partial charge in [0.1, 0.15) is 5.75 Å². The molecular formula is C14H21NO2. The van der Waals surface area contributed by atoms with Crippen LogP contribution in [-0.4, -0.2) is 24.9 Å². The summed E-state index contributed by atoms with van der Waals surface area (Å²) in [7, 11) is 0. The van der Waals surface area contributed by atoms with Gasteiger partial charge in [0.15, 0.2) is 0 Å². The molecule has 0 aliphatic carbocycles. The van der Waals surface area contributed by atoms with Crippen LogP contribution >= 0.6 is 0 Å². The Morgan fingerprint density at radius 2 is 2.18 bits per heavy atom. The lowest BCUT2D eigenvalue weighted by atomic mass is 10.1. The van der Waals surface area contributed by atoms with Gasteiger partial charge < -0.3 is 15.2 Å². The molecule has 0 radical (unpaired) electrons. The summed E-state index contributed by atoms with van der Waals surface area (Å²) < 4.78 is 5.39. The minimum atomic E-state index is 0.115. The van der Waals surface area contributed by atoms with E-state index >= 15 is 0 Å². The molecule has 0 fully saturated rings. The average Bonchev–Trinajstić information content (AvgIpc) is 2.28. The van der Waals surface area contributed by atoms with E-state index in [9.17, 15) is 5.11 Å². The van der Waals surface area contributed by atoms with Crippen LogP contribution in [0, 0.1) is 0 Å². The SMILES string of the molecule is C=C(C)COCCNC(C)c1ccccc1O. The number of rotatable bonds is 7. The number of aromatic hydroxyl groups is 1. The molecule has 17 heavy (non-hydrogen) atoms. The van der Waals surface area contributed by atoms with Crippen molar-refractivity contribution in [1.82, 2.24) is 5.32 Å². The van der Waals surface area contributed by atoms with Gasteiger partial charge in [0.25, 0.3) is 0 Å². The summed E-state index contributed by atoms with van der Waals surface area (Å²) in [6.07, 6.45) is 0. The molecule has 0 heterocycles. The highest BCUT2D eigenvalue weighted by atomic mass is 16.5. The summed E-state index contributed by atoms with van der Waals surface area (Å²) in [5, 5.41) is 13.0. The summed E-state index contributed by atoms with van der Waals surface area (Å²) in [6.45, 7) is 9.73. The van der Waals surface area contributed by atoms with Gasteiger partial charge in [0.05, 0.1) is 13.2 Å². The van der Waals surface area contributed by atoms with Crippen LogP contribution in [0.15, 0.2) is 36.4 Å². The van der Waals surface area contributed by atoms with Gasteiger partial charge in [-0.3, -0.25) is 0 Å². The maximum atomic E-state index is 9.67. The van der Waals surface area contributed by atoms with Crippen molar-refractivity contribution in [2.45, 2.75) is 19.9 Å². The van der Waals surface area contributed by atoms with Crippen molar-refractivity contribution < 1.29 is 9.84 Å². The van der Waals surface area contributed by atoms with Crippen LogP contribution in [-0.2, 0) is 4.74 Å². The molecule has 0 aliphatic heterocycles. The van der Waals surface area contributed by atoms with Crippen LogP contribution in [0.2, 0.25) is 0 Å². The van der Waals surface area contributed by atoms with Gasteiger partial charge in [0.2, 0.25) is 0 Å². The minimum Gasteiger partial charge on any atom is -0.508 e. The highest BCUT2D eigenvalue weighted by Gasteiger charge is 2.07. The van der Waals surface area contributed by atoms with E-state index in [-0.39, 0.29) is 6.04 Å². The third-order valence-electron chi connectivity index (χ3n) is 2.45. The number of para-hydroxylation sites is 1. The fourth-order valence-electron chi connectivity index (χ4n) is 1.56. The first-order valence-electron chi connectivity index (χ1n) is 5.84. The number of benzene rings is 1. The van der Waals surface area contributed by atoms with Crippen molar-refractivity contribution in [3.8, 4) is 5.75 Å². The third-order valence-corrected chi connectivity index (χ3v) is 2.45. The molecule has 2 N–H and O–H groups in total. The Bertz CT molecular complexity index is 363. The summed E-state index contributed by atoms with van der Waals surface area (Å²) in [5.41, 5.74) is 1.94. The Kier molecular flexibility index (Phi) is 5.73. The lowest BCUT2D eigenvalue weighted by molar-refractivity contribution is 0.155. The van der Waals surface area contributed by atoms with Gasteiger partial charge in [-0.2, -0.15) is 0 Å². The maximum absolute atomic E-state index is 9.67. The third kappa shape index (κ3) is 5.02. The maximum Gasteiger partial charge on any atom is 0.120 e. The molecule has 3 nitrogen and oxygen atoms in total. The van der Waals surface area contributed by atoms with Crippen LogP contribution in [0.25, 0.3) is 0 Å². The smallest absolute Gasteiger partial charge is 0.120 e. The van der Waals surface area contributed by atoms with Crippen molar-refractivity contribution in [2.75, 3.05) is 19.8 Å². The quantitative estimate of drug-likeness (QED) is 0.564. The molecule has 0 aliphatic rings. The van der Waals surface area contributed by atoms with Crippen molar-refractivity contribution >= 4 is 0 Å². The van der Waals surface area contributed by atoms with E-state index in [1.165, 1.54) is 0 Å². The molecule has 0 saturated heterocycles. The van der Waals surface area contributed by atoms with E-state index in [2.05, 4.69) is 11.9 Å². The van der Waals surface area contributed by atoms with Gasteiger partial charge >= 0.3 is 0 Å². The normalized spacial score (nSPS) is 12.4. The number of phenolic OH excluding ortho intramolecular Hbond substituents is 1. The van der Waals surface area contributed by atoms with Gasteiger partial charge in [0, 0.05) is 18.2 Å². The highest BCUT2D eigenvalue weighted by Crippen LogP contribution is 2.22. The zero-order valence-electron chi connectivity index (χ0n) is 10.6. The van der Waals surface area contributed by atoms with Crippen molar-refractivity contribution in [1.29, 1.82) is 0 Å². The molecular weight excluding hydrogens is 214 g/mol. The summed E-state index contributed by atoms with van der Waals surface area (Å²) in [6, 6.07) is 7.48. The predicted octanol–water partition coefficient (Wildman–Crippen LogP) is 2.64. The molecule has 0 saturated carbocycles. The fraction of sp³-hybridized carbons (Fsp3) is 0.429. The van der Waals surface area contributed by atoms with E-state index in [1.807, 2.05) is 32.0 Å². The Morgan fingerprint density at radius 3 is 2.82 bits per heavy atom. The van der Waals surface area contributed by atoms with E-state index in [4.69, 9.17) is 4.74 Å². The predicted molar refractivity (Wildman–Crippen MR) is 70.2 cm³/mol. The molecule has 0 bridgehead atoms. The number of hydrogen-bond donors (Lipinski definition) is 2. The zero-order chi connectivity index (χ0) is 12.7. The molecule has 1 aromatic carbocycles. The molecule has 0 aromatic heterocycles. The number of phenols is 1. The molecule has 0 spiro atoms. The molecule has 1 atom stereocenters. The minimum absolute atomic E-state index is 0.115. The molecule has 3 heteroatoms. The second-order valence-electron chi connectivity index (χ2n) is 4.24. The average molecular weight is 235 g/mol. The van der Waals surface area contributed by atoms with Crippen LogP contribution in [0.1, 0.15) is 25.5 Å². The van der Waals surface area contributed by atoms with Gasteiger partial charge in [-0.05, 0) is 19.9 Å². The largest absolute Gasteiger partial charge is 0.508 e. The molecule has 1 aromatic rings. The van der Waals surface area contributed by atoms with E-state index in [0.29, 0.717) is 19.0 Å². The lowest BCUT2D eigenvalue weighted by Gasteiger charge is -2.15. The molecule has 0 amide bonds. The van der Waals surface area contributed by atoms with Crippen molar-refractivity contribution in [2.24, 2.45) is 0 Å². The number of nitrogens with one attached hydrogen (secondary N) is 1. The van der Waals surface area contributed by atoms with Crippen molar-refractivity contribution in [3.05, 3.63) is 42.0 Å². The molecule has 1 rings (SSSR count). The number of ether oxygens (including phenoxy) is 1. The molecule has 94 valence electrons. The summed E-state index contributed by atoms with van der Waals surface area (Å²) >= 11 is 0. The van der Waals surface area contributed by atoms with Crippen molar-refractivity contribution in [3.63, 3.8) is 0 Å². The van der Waals surface area contributed by atoms with Crippen LogP contribution in [0.5, 0.6) is 5.75 Å². The first-order chi connectivity index (χ1) is 8.11. The van der Waals surface area contributed by atoms with Gasteiger partial charge in [-0.1, -0.05) is 30.4 Å². The first kappa shape index (κ1) is 13.7. The number of hydrogen-bond acceptors (Lipinski definition) is 3. The first-order valence-corrected chi connectivity index (χ1v) is 5.84.